The van der Waals surface area contributed by atoms with Gasteiger partial charge in [0.15, 0.2) is 0 Å². The first-order valence-corrected chi connectivity index (χ1v) is 8.91. The smallest absolute Gasteiger partial charge is 0.312 e. The SMILES string of the molecule is COC(=O)C1(CC(O)CNC2COc3ccccc3C2)CCOCC1. The van der Waals surface area contributed by atoms with E-state index in [9.17, 15) is 9.90 Å². The van der Waals surface area contributed by atoms with Crippen molar-refractivity contribution in [2.24, 2.45) is 5.41 Å². The Morgan fingerprint density at radius 2 is 2.16 bits per heavy atom. The van der Waals surface area contributed by atoms with Gasteiger partial charge in [-0.15, -0.1) is 0 Å². The molecule has 2 N–H and O–H groups in total. The molecule has 1 saturated heterocycles. The zero-order chi connectivity index (χ0) is 17.7. The Hall–Kier alpha value is -1.63. The number of aliphatic hydroxyl groups excluding tert-OH is 1. The summed E-state index contributed by atoms with van der Waals surface area (Å²) in [5.74, 6) is 0.692. The van der Waals surface area contributed by atoms with Gasteiger partial charge >= 0.3 is 5.97 Å². The molecule has 0 amide bonds. The molecule has 1 aromatic carbocycles. The Kier molecular flexibility index (Phi) is 5.93. The number of esters is 1. The maximum Gasteiger partial charge on any atom is 0.312 e. The van der Waals surface area contributed by atoms with Gasteiger partial charge < -0.3 is 24.6 Å². The van der Waals surface area contributed by atoms with E-state index in [1.165, 1.54) is 12.7 Å². The molecule has 3 rings (SSSR count). The number of benzene rings is 1. The second-order valence-electron chi connectivity index (χ2n) is 6.97. The van der Waals surface area contributed by atoms with Crippen molar-refractivity contribution >= 4 is 5.97 Å². The quantitative estimate of drug-likeness (QED) is 0.754. The highest BCUT2D eigenvalue weighted by Crippen LogP contribution is 2.36. The fourth-order valence-corrected chi connectivity index (χ4v) is 3.76. The van der Waals surface area contributed by atoms with Crippen LogP contribution in [0.1, 0.15) is 24.8 Å². The average molecular weight is 349 g/mol. The zero-order valence-electron chi connectivity index (χ0n) is 14.7. The lowest BCUT2D eigenvalue weighted by atomic mass is 9.75. The van der Waals surface area contributed by atoms with E-state index in [0.717, 1.165) is 12.2 Å². The Bertz CT molecular complexity index is 585. The molecule has 2 aliphatic heterocycles. The maximum absolute atomic E-state index is 12.2. The normalized spacial score (nSPS) is 23.2. The number of carbonyl (C=O) groups excluding carboxylic acids is 1. The number of hydrogen-bond donors (Lipinski definition) is 2. The van der Waals surface area contributed by atoms with E-state index in [-0.39, 0.29) is 12.0 Å². The lowest BCUT2D eigenvalue weighted by Crippen LogP contribution is -2.46. The summed E-state index contributed by atoms with van der Waals surface area (Å²) in [6.45, 7) is 2.07. The number of aliphatic hydroxyl groups is 1. The molecular weight excluding hydrogens is 322 g/mol. The van der Waals surface area contributed by atoms with Crippen molar-refractivity contribution < 1.29 is 24.1 Å². The first kappa shape index (κ1) is 18.2. The number of para-hydroxylation sites is 1. The lowest BCUT2D eigenvalue weighted by Gasteiger charge is -2.36. The number of methoxy groups -OCH3 is 1. The molecule has 0 saturated carbocycles. The standard InChI is InChI=1S/C19H27NO5/c1-23-18(22)19(6-8-24-9-7-19)11-16(21)12-20-15-10-14-4-2-3-5-17(14)25-13-15/h2-5,15-16,20-21H,6-13H2,1H3. The topological polar surface area (TPSA) is 77.0 Å². The highest BCUT2D eigenvalue weighted by Gasteiger charge is 2.42. The Morgan fingerprint density at radius 3 is 2.92 bits per heavy atom. The molecule has 1 fully saturated rings. The van der Waals surface area contributed by atoms with E-state index < -0.39 is 11.5 Å². The molecule has 0 aliphatic carbocycles. The fourth-order valence-electron chi connectivity index (χ4n) is 3.76. The van der Waals surface area contributed by atoms with Crippen LogP contribution in [0.15, 0.2) is 24.3 Å². The van der Waals surface area contributed by atoms with E-state index in [1.54, 1.807) is 0 Å². The van der Waals surface area contributed by atoms with Crippen molar-refractivity contribution in [3.63, 3.8) is 0 Å². The Morgan fingerprint density at radius 1 is 1.40 bits per heavy atom. The van der Waals surface area contributed by atoms with Crippen LogP contribution in [-0.2, 0) is 20.7 Å². The zero-order valence-corrected chi connectivity index (χ0v) is 14.7. The molecule has 2 aliphatic rings. The number of hydrogen-bond acceptors (Lipinski definition) is 6. The number of nitrogens with one attached hydrogen (secondary N) is 1. The molecule has 138 valence electrons. The Balaban J connectivity index is 1.52. The number of rotatable bonds is 6. The molecule has 0 radical (unpaired) electrons. The molecular formula is C19H27NO5. The largest absolute Gasteiger partial charge is 0.492 e. The van der Waals surface area contributed by atoms with Crippen LogP contribution in [0.5, 0.6) is 5.75 Å². The van der Waals surface area contributed by atoms with Gasteiger partial charge in [-0.3, -0.25) is 4.79 Å². The van der Waals surface area contributed by atoms with Gasteiger partial charge in [-0.05, 0) is 37.3 Å². The van der Waals surface area contributed by atoms with Crippen LogP contribution < -0.4 is 10.1 Å². The van der Waals surface area contributed by atoms with E-state index in [0.29, 0.717) is 45.6 Å². The van der Waals surface area contributed by atoms with Gasteiger partial charge in [-0.2, -0.15) is 0 Å². The summed E-state index contributed by atoms with van der Waals surface area (Å²) in [4.78, 5) is 12.2. The first-order chi connectivity index (χ1) is 12.1. The predicted octanol–water partition coefficient (Wildman–Crippen LogP) is 1.30. The van der Waals surface area contributed by atoms with Gasteiger partial charge in [-0.25, -0.2) is 0 Å². The van der Waals surface area contributed by atoms with Crippen LogP contribution in [0, 0.1) is 5.41 Å². The second-order valence-corrected chi connectivity index (χ2v) is 6.97. The van der Waals surface area contributed by atoms with Crippen molar-refractivity contribution in [1.82, 2.24) is 5.32 Å². The summed E-state index contributed by atoms with van der Waals surface area (Å²) in [5, 5.41) is 13.9. The minimum absolute atomic E-state index is 0.160. The third kappa shape index (κ3) is 4.32. The second kappa shape index (κ2) is 8.17. The van der Waals surface area contributed by atoms with E-state index in [2.05, 4.69) is 11.4 Å². The number of ether oxygens (including phenoxy) is 3. The molecule has 1 aromatic rings. The van der Waals surface area contributed by atoms with Crippen LogP contribution >= 0.6 is 0 Å². The molecule has 0 spiro atoms. The molecule has 0 aromatic heterocycles. The van der Waals surface area contributed by atoms with Crippen molar-refractivity contribution in [2.75, 3.05) is 33.5 Å². The average Bonchev–Trinajstić information content (AvgIpc) is 2.66. The van der Waals surface area contributed by atoms with Crippen LogP contribution in [0.4, 0.5) is 0 Å². The van der Waals surface area contributed by atoms with Crippen molar-refractivity contribution in [1.29, 1.82) is 0 Å². The van der Waals surface area contributed by atoms with E-state index >= 15 is 0 Å². The molecule has 2 atom stereocenters. The highest BCUT2D eigenvalue weighted by molar-refractivity contribution is 5.76. The molecule has 0 bridgehead atoms. The summed E-state index contributed by atoms with van der Waals surface area (Å²) in [7, 11) is 1.40. The third-order valence-corrected chi connectivity index (χ3v) is 5.22. The Labute approximate surface area is 148 Å². The predicted molar refractivity (Wildman–Crippen MR) is 92.6 cm³/mol. The number of fused-ring (bicyclic) bond motifs is 1. The van der Waals surface area contributed by atoms with Crippen molar-refractivity contribution in [3.05, 3.63) is 29.8 Å². The molecule has 25 heavy (non-hydrogen) atoms. The highest BCUT2D eigenvalue weighted by atomic mass is 16.5. The van der Waals surface area contributed by atoms with Crippen molar-refractivity contribution in [3.8, 4) is 5.75 Å². The van der Waals surface area contributed by atoms with Crippen LogP contribution in [0.2, 0.25) is 0 Å². The van der Waals surface area contributed by atoms with E-state index in [4.69, 9.17) is 14.2 Å². The molecule has 2 heterocycles. The van der Waals surface area contributed by atoms with Crippen LogP contribution in [0.3, 0.4) is 0 Å². The maximum atomic E-state index is 12.2. The third-order valence-electron chi connectivity index (χ3n) is 5.22. The van der Waals surface area contributed by atoms with Gasteiger partial charge in [0, 0.05) is 25.8 Å². The van der Waals surface area contributed by atoms with E-state index in [1.807, 2.05) is 18.2 Å². The summed E-state index contributed by atoms with van der Waals surface area (Å²) in [6.07, 6.45) is 1.83. The lowest BCUT2D eigenvalue weighted by molar-refractivity contribution is -0.161. The summed E-state index contributed by atoms with van der Waals surface area (Å²) in [5.41, 5.74) is 0.542. The van der Waals surface area contributed by atoms with Gasteiger partial charge in [0.05, 0.1) is 18.6 Å². The van der Waals surface area contributed by atoms with Crippen LogP contribution in [0.25, 0.3) is 0 Å². The van der Waals surface area contributed by atoms with Gasteiger partial charge in [-0.1, -0.05) is 18.2 Å². The monoisotopic (exact) mass is 349 g/mol. The van der Waals surface area contributed by atoms with Gasteiger partial charge in [0.2, 0.25) is 0 Å². The summed E-state index contributed by atoms with van der Waals surface area (Å²) < 4.78 is 16.1. The van der Waals surface area contributed by atoms with Gasteiger partial charge in [0.25, 0.3) is 0 Å². The summed E-state index contributed by atoms with van der Waals surface area (Å²) in [6, 6.07) is 8.18. The molecule has 2 unspecified atom stereocenters. The minimum atomic E-state index is -0.635. The minimum Gasteiger partial charge on any atom is -0.492 e. The van der Waals surface area contributed by atoms with Crippen molar-refractivity contribution in [2.45, 2.75) is 37.8 Å². The summed E-state index contributed by atoms with van der Waals surface area (Å²) >= 11 is 0. The molecule has 6 nitrogen and oxygen atoms in total. The molecule has 6 heteroatoms. The van der Waals surface area contributed by atoms with Crippen LogP contribution in [-0.4, -0.2) is 56.7 Å². The first-order valence-electron chi connectivity index (χ1n) is 8.91. The van der Waals surface area contributed by atoms with Gasteiger partial charge in [0.1, 0.15) is 12.4 Å². The fraction of sp³-hybridized carbons (Fsp3) is 0.632. The number of carbonyl (C=O) groups is 1.